The highest BCUT2D eigenvalue weighted by atomic mass is 35.5. The predicted molar refractivity (Wildman–Crippen MR) is 129 cm³/mol. The normalized spacial score (nSPS) is 19.4. The Kier molecular flexibility index (Phi) is 7.53. The van der Waals surface area contributed by atoms with Gasteiger partial charge in [-0.3, -0.25) is 14.5 Å². The summed E-state index contributed by atoms with van der Waals surface area (Å²) in [5, 5.41) is 2.62. The zero-order chi connectivity index (χ0) is 24.4. The summed E-state index contributed by atoms with van der Waals surface area (Å²) in [5.74, 6) is -1.25. The summed E-state index contributed by atoms with van der Waals surface area (Å²) in [6, 6.07) is 6.63. The van der Waals surface area contributed by atoms with Crippen LogP contribution in [0.3, 0.4) is 0 Å². The third kappa shape index (κ3) is 5.41. The van der Waals surface area contributed by atoms with Gasteiger partial charge in [0.2, 0.25) is 5.91 Å². The van der Waals surface area contributed by atoms with Crippen molar-refractivity contribution in [3.8, 4) is 0 Å². The van der Waals surface area contributed by atoms with Gasteiger partial charge in [-0.05, 0) is 68.1 Å². The molecule has 0 bridgehead atoms. The minimum atomic E-state index is -0.689. The van der Waals surface area contributed by atoms with Crippen molar-refractivity contribution >= 4 is 29.1 Å². The second kappa shape index (κ2) is 10.4. The molecule has 1 saturated heterocycles. The molecule has 2 fully saturated rings. The number of nitrogens with one attached hydrogen (secondary N) is 1. The molecular formula is C26H30ClF2N3O2. The van der Waals surface area contributed by atoms with E-state index >= 15 is 0 Å². The lowest BCUT2D eigenvalue weighted by molar-refractivity contribution is -0.140. The number of carbonyl (C=O) groups is 2. The van der Waals surface area contributed by atoms with Gasteiger partial charge in [-0.25, -0.2) is 8.78 Å². The summed E-state index contributed by atoms with van der Waals surface area (Å²) in [7, 11) is 0. The molecule has 1 saturated carbocycles. The van der Waals surface area contributed by atoms with Crippen molar-refractivity contribution in [2.24, 2.45) is 5.92 Å². The summed E-state index contributed by atoms with van der Waals surface area (Å²) in [6.45, 7) is 6.49. The molecule has 0 spiro atoms. The Morgan fingerprint density at radius 1 is 1.12 bits per heavy atom. The van der Waals surface area contributed by atoms with E-state index in [0.29, 0.717) is 31.9 Å². The fourth-order valence-corrected chi connectivity index (χ4v) is 5.13. The van der Waals surface area contributed by atoms with Crippen LogP contribution in [0, 0.1) is 24.5 Å². The highest BCUT2D eigenvalue weighted by Gasteiger charge is 2.33. The SMILES string of the molecule is Cc1c(CN2CCN(C(=O)C3CCCC3)C(C)C2)cc(F)cc1NC(=O)c1ccc(Cl)c(F)c1. The van der Waals surface area contributed by atoms with Crippen LogP contribution in [0.25, 0.3) is 0 Å². The predicted octanol–water partition coefficient (Wildman–Crippen LogP) is 5.40. The van der Waals surface area contributed by atoms with Gasteiger partial charge in [0.05, 0.1) is 5.02 Å². The molecule has 1 N–H and O–H groups in total. The number of hydrogen-bond acceptors (Lipinski definition) is 3. The first-order chi connectivity index (χ1) is 16.2. The molecular weight excluding hydrogens is 460 g/mol. The topological polar surface area (TPSA) is 52.6 Å². The summed E-state index contributed by atoms with van der Waals surface area (Å²) in [5.41, 5.74) is 1.96. The largest absolute Gasteiger partial charge is 0.337 e. The quantitative estimate of drug-likeness (QED) is 0.611. The lowest BCUT2D eigenvalue weighted by Gasteiger charge is -2.41. The van der Waals surface area contributed by atoms with E-state index in [-0.39, 0.29) is 28.5 Å². The van der Waals surface area contributed by atoms with E-state index in [1.165, 1.54) is 24.3 Å². The van der Waals surface area contributed by atoms with E-state index < -0.39 is 17.5 Å². The van der Waals surface area contributed by atoms with Crippen molar-refractivity contribution in [3.05, 3.63) is 63.7 Å². The third-order valence-corrected chi connectivity index (χ3v) is 7.31. The van der Waals surface area contributed by atoms with Crippen LogP contribution in [0.5, 0.6) is 0 Å². The zero-order valence-corrected chi connectivity index (χ0v) is 20.3. The maximum atomic E-state index is 14.4. The van der Waals surface area contributed by atoms with Crippen molar-refractivity contribution in [2.45, 2.75) is 52.1 Å². The standard InChI is InChI=1S/C26H30ClF2N3O2/c1-16-14-31(9-10-32(16)26(34)18-5-3-4-6-18)15-20-11-21(28)13-24(17(20)2)30-25(33)19-7-8-22(27)23(29)12-19/h7-8,11-13,16,18H,3-6,9-10,14-15H2,1-2H3,(H,30,33). The zero-order valence-electron chi connectivity index (χ0n) is 19.5. The Bertz CT molecular complexity index is 1090. The van der Waals surface area contributed by atoms with Crippen LogP contribution in [-0.2, 0) is 11.3 Å². The average Bonchev–Trinajstić information content (AvgIpc) is 3.33. The molecule has 2 aromatic carbocycles. The molecule has 182 valence electrons. The van der Waals surface area contributed by atoms with Crippen molar-refractivity contribution in [3.63, 3.8) is 0 Å². The van der Waals surface area contributed by atoms with Gasteiger partial charge in [0, 0.05) is 49.4 Å². The van der Waals surface area contributed by atoms with Crippen molar-refractivity contribution in [1.82, 2.24) is 9.80 Å². The summed E-state index contributed by atoms with van der Waals surface area (Å²) >= 11 is 5.69. The van der Waals surface area contributed by atoms with Crippen molar-refractivity contribution in [1.29, 1.82) is 0 Å². The van der Waals surface area contributed by atoms with Crippen LogP contribution in [0.2, 0.25) is 5.02 Å². The molecule has 1 aliphatic heterocycles. The van der Waals surface area contributed by atoms with E-state index in [1.807, 2.05) is 11.8 Å². The minimum absolute atomic E-state index is 0.0694. The van der Waals surface area contributed by atoms with Crippen molar-refractivity contribution in [2.75, 3.05) is 25.0 Å². The maximum Gasteiger partial charge on any atom is 0.255 e. The molecule has 2 aromatic rings. The van der Waals surface area contributed by atoms with Crippen LogP contribution in [0.4, 0.5) is 14.5 Å². The number of anilines is 1. The molecule has 2 amide bonds. The van der Waals surface area contributed by atoms with E-state index in [1.54, 1.807) is 0 Å². The van der Waals surface area contributed by atoms with Crippen molar-refractivity contribution < 1.29 is 18.4 Å². The fourth-order valence-electron chi connectivity index (χ4n) is 5.01. The van der Waals surface area contributed by atoms with Crippen LogP contribution in [0.1, 0.15) is 54.1 Å². The lowest BCUT2D eigenvalue weighted by Crippen LogP contribution is -2.54. The first-order valence-corrected chi connectivity index (χ1v) is 12.2. The monoisotopic (exact) mass is 489 g/mol. The van der Waals surface area contributed by atoms with Gasteiger partial charge in [-0.15, -0.1) is 0 Å². The molecule has 0 radical (unpaired) electrons. The number of carbonyl (C=O) groups excluding carboxylic acids is 2. The molecule has 1 aliphatic carbocycles. The van der Waals surface area contributed by atoms with Crippen LogP contribution >= 0.6 is 11.6 Å². The molecule has 0 aromatic heterocycles. The molecule has 1 heterocycles. The van der Waals surface area contributed by atoms with Gasteiger partial charge >= 0.3 is 0 Å². The second-order valence-electron chi connectivity index (χ2n) is 9.42. The van der Waals surface area contributed by atoms with E-state index in [4.69, 9.17) is 11.6 Å². The Morgan fingerprint density at radius 2 is 1.85 bits per heavy atom. The molecule has 5 nitrogen and oxygen atoms in total. The lowest BCUT2D eigenvalue weighted by atomic mass is 10.0. The number of rotatable bonds is 5. The Balaban J connectivity index is 1.43. The number of nitrogens with zero attached hydrogens (tertiary/aromatic N) is 2. The van der Waals surface area contributed by atoms with Gasteiger partial charge in [0.25, 0.3) is 5.91 Å². The number of amides is 2. The van der Waals surface area contributed by atoms with Gasteiger partial charge in [0.15, 0.2) is 0 Å². The number of benzene rings is 2. The smallest absolute Gasteiger partial charge is 0.255 e. The number of piperazine rings is 1. The molecule has 1 atom stereocenters. The molecule has 34 heavy (non-hydrogen) atoms. The molecule has 2 aliphatic rings. The van der Waals surface area contributed by atoms with Crippen LogP contribution in [0.15, 0.2) is 30.3 Å². The second-order valence-corrected chi connectivity index (χ2v) is 9.82. The summed E-state index contributed by atoms with van der Waals surface area (Å²) in [4.78, 5) is 29.7. The highest BCUT2D eigenvalue weighted by Crippen LogP contribution is 2.29. The van der Waals surface area contributed by atoms with E-state index in [2.05, 4.69) is 17.1 Å². The van der Waals surface area contributed by atoms with Gasteiger partial charge < -0.3 is 10.2 Å². The molecule has 4 rings (SSSR count). The maximum absolute atomic E-state index is 14.4. The van der Waals surface area contributed by atoms with E-state index in [9.17, 15) is 18.4 Å². The third-order valence-electron chi connectivity index (χ3n) is 7.00. The number of hydrogen-bond donors (Lipinski definition) is 1. The molecule has 1 unspecified atom stereocenters. The minimum Gasteiger partial charge on any atom is -0.337 e. The number of halogens is 3. The van der Waals surface area contributed by atoms with Gasteiger partial charge in [0.1, 0.15) is 11.6 Å². The molecule has 8 heteroatoms. The Morgan fingerprint density at radius 3 is 2.53 bits per heavy atom. The van der Waals surface area contributed by atoms with E-state index in [0.717, 1.165) is 42.9 Å². The first kappa shape index (κ1) is 24.6. The summed E-state index contributed by atoms with van der Waals surface area (Å²) < 4.78 is 28.2. The van der Waals surface area contributed by atoms with Crippen LogP contribution in [-0.4, -0.2) is 47.3 Å². The Hall–Kier alpha value is -2.51. The fraction of sp³-hybridized carbons (Fsp3) is 0.462. The van der Waals surface area contributed by atoms with Gasteiger partial charge in [-0.2, -0.15) is 0 Å². The van der Waals surface area contributed by atoms with Gasteiger partial charge in [-0.1, -0.05) is 24.4 Å². The summed E-state index contributed by atoms with van der Waals surface area (Å²) in [6.07, 6.45) is 4.25. The van der Waals surface area contributed by atoms with Crippen LogP contribution < -0.4 is 5.32 Å². The highest BCUT2D eigenvalue weighted by molar-refractivity contribution is 6.30. The average molecular weight is 490 g/mol. The first-order valence-electron chi connectivity index (χ1n) is 11.8. The Labute approximate surface area is 204 Å².